The first kappa shape index (κ1) is 21.9. The van der Waals surface area contributed by atoms with Crippen LogP contribution in [0.2, 0.25) is 5.02 Å². The summed E-state index contributed by atoms with van der Waals surface area (Å²) in [5.41, 5.74) is 4.10. The van der Waals surface area contributed by atoms with Gasteiger partial charge in [0.1, 0.15) is 0 Å². The molecular formula is C26H22ClN5O2. The molecule has 34 heavy (non-hydrogen) atoms. The Labute approximate surface area is 201 Å². The molecule has 0 fully saturated rings. The number of halogens is 1. The van der Waals surface area contributed by atoms with Gasteiger partial charge in [-0.1, -0.05) is 35.9 Å². The molecule has 0 radical (unpaired) electrons. The molecule has 7 nitrogen and oxygen atoms in total. The van der Waals surface area contributed by atoms with E-state index in [1.165, 1.54) is 6.92 Å². The minimum absolute atomic E-state index is 0.458. The molecule has 0 saturated carbocycles. The van der Waals surface area contributed by atoms with E-state index in [1.54, 1.807) is 47.3 Å². The fourth-order valence-corrected chi connectivity index (χ4v) is 3.98. The number of amides is 1. The van der Waals surface area contributed by atoms with E-state index in [-0.39, 0.29) is 0 Å². The molecular weight excluding hydrogens is 450 g/mol. The Kier molecular flexibility index (Phi) is 5.43. The standard InChI is InChI=1S/C26H22ClN5O2/c1-26(34,20-5-7-21(27)8-6-20)25(33)30-22-9-3-17(4-10-22)24-23-13-18(16-32(23)12-11-28-24)19-14-29-31(2)15-19/h3-16,34H,1-2H3,(H,30,33). The summed E-state index contributed by atoms with van der Waals surface area (Å²) < 4.78 is 3.80. The third-order valence-corrected chi connectivity index (χ3v) is 6.08. The van der Waals surface area contributed by atoms with Crippen LogP contribution in [0.15, 0.2) is 85.6 Å². The fourth-order valence-electron chi connectivity index (χ4n) is 3.86. The highest BCUT2D eigenvalue weighted by atomic mass is 35.5. The number of aliphatic hydroxyl groups is 1. The number of hydrogen-bond donors (Lipinski definition) is 2. The van der Waals surface area contributed by atoms with E-state index >= 15 is 0 Å². The number of anilines is 1. The smallest absolute Gasteiger partial charge is 0.260 e. The fraction of sp³-hybridized carbons (Fsp3) is 0.115. The number of carbonyl (C=O) groups is 1. The number of benzene rings is 2. The van der Waals surface area contributed by atoms with Gasteiger partial charge < -0.3 is 14.8 Å². The molecule has 1 amide bonds. The minimum Gasteiger partial charge on any atom is -0.376 e. The zero-order chi connectivity index (χ0) is 23.9. The molecule has 2 N–H and O–H groups in total. The Hall–Kier alpha value is -3.94. The molecule has 0 spiro atoms. The van der Waals surface area contributed by atoms with Crippen LogP contribution in [0.5, 0.6) is 0 Å². The number of hydrogen-bond acceptors (Lipinski definition) is 4. The van der Waals surface area contributed by atoms with E-state index in [1.807, 2.05) is 48.4 Å². The van der Waals surface area contributed by atoms with Crippen molar-refractivity contribution in [3.63, 3.8) is 0 Å². The van der Waals surface area contributed by atoms with Gasteiger partial charge in [0.2, 0.25) is 0 Å². The summed E-state index contributed by atoms with van der Waals surface area (Å²) in [6, 6.07) is 16.0. The molecule has 3 heterocycles. The molecule has 3 aromatic heterocycles. The van der Waals surface area contributed by atoms with Crippen LogP contribution in [0, 0.1) is 0 Å². The molecule has 0 aliphatic heterocycles. The first-order valence-electron chi connectivity index (χ1n) is 10.7. The van der Waals surface area contributed by atoms with Crippen LogP contribution in [0.4, 0.5) is 5.69 Å². The van der Waals surface area contributed by atoms with Crippen molar-refractivity contribution in [1.82, 2.24) is 19.2 Å². The highest BCUT2D eigenvalue weighted by molar-refractivity contribution is 6.30. The average Bonchev–Trinajstić information content (AvgIpc) is 3.46. The number of rotatable bonds is 5. The third kappa shape index (κ3) is 4.07. The number of carbonyl (C=O) groups excluding carboxylic acids is 1. The summed E-state index contributed by atoms with van der Waals surface area (Å²) in [6.07, 6.45) is 9.52. The van der Waals surface area contributed by atoms with Gasteiger partial charge in [0.15, 0.2) is 5.60 Å². The van der Waals surface area contributed by atoms with E-state index in [2.05, 4.69) is 21.5 Å². The second-order valence-corrected chi connectivity index (χ2v) is 8.75. The van der Waals surface area contributed by atoms with Gasteiger partial charge in [0.05, 0.1) is 17.4 Å². The van der Waals surface area contributed by atoms with Crippen molar-refractivity contribution < 1.29 is 9.90 Å². The Morgan fingerprint density at radius 1 is 1.03 bits per heavy atom. The summed E-state index contributed by atoms with van der Waals surface area (Å²) in [5, 5.41) is 18.4. The topological polar surface area (TPSA) is 84.5 Å². The first-order chi connectivity index (χ1) is 16.3. The van der Waals surface area contributed by atoms with Gasteiger partial charge in [-0.3, -0.25) is 14.5 Å². The molecule has 0 saturated heterocycles. The number of fused-ring (bicyclic) bond motifs is 1. The lowest BCUT2D eigenvalue weighted by molar-refractivity contribution is -0.133. The lowest BCUT2D eigenvalue weighted by atomic mass is 9.95. The van der Waals surface area contributed by atoms with Crippen LogP contribution in [-0.2, 0) is 17.4 Å². The molecule has 8 heteroatoms. The summed E-state index contributed by atoms with van der Waals surface area (Å²) >= 11 is 5.91. The quantitative estimate of drug-likeness (QED) is 0.382. The molecule has 1 unspecified atom stereocenters. The monoisotopic (exact) mass is 471 g/mol. The lowest BCUT2D eigenvalue weighted by Gasteiger charge is -2.23. The van der Waals surface area contributed by atoms with E-state index in [9.17, 15) is 9.90 Å². The van der Waals surface area contributed by atoms with Gasteiger partial charge in [-0.15, -0.1) is 0 Å². The van der Waals surface area contributed by atoms with Gasteiger partial charge in [-0.2, -0.15) is 5.10 Å². The van der Waals surface area contributed by atoms with Crippen molar-refractivity contribution in [3.05, 3.63) is 96.2 Å². The number of nitrogens with one attached hydrogen (secondary N) is 1. The third-order valence-electron chi connectivity index (χ3n) is 5.82. The van der Waals surface area contributed by atoms with Gasteiger partial charge in [0, 0.05) is 59.2 Å². The van der Waals surface area contributed by atoms with Crippen molar-refractivity contribution in [2.75, 3.05) is 5.32 Å². The van der Waals surface area contributed by atoms with Crippen LogP contribution in [0.3, 0.4) is 0 Å². The lowest BCUT2D eigenvalue weighted by Crippen LogP contribution is -2.37. The Bertz CT molecular complexity index is 1480. The zero-order valence-corrected chi connectivity index (χ0v) is 19.4. The maximum Gasteiger partial charge on any atom is 0.260 e. The highest BCUT2D eigenvalue weighted by Crippen LogP contribution is 2.30. The van der Waals surface area contributed by atoms with Crippen molar-refractivity contribution >= 4 is 28.7 Å². The SMILES string of the molecule is Cn1cc(-c2cc3c(-c4ccc(NC(=O)C(C)(O)c5ccc(Cl)cc5)cc4)nccn3c2)cn1. The van der Waals surface area contributed by atoms with Crippen LogP contribution in [-0.4, -0.2) is 30.2 Å². The second-order valence-electron chi connectivity index (χ2n) is 8.31. The maximum atomic E-state index is 12.8. The predicted octanol–water partition coefficient (Wildman–Crippen LogP) is 4.90. The molecule has 0 bridgehead atoms. The average molecular weight is 472 g/mol. The van der Waals surface area contributed by atoms with E-state index in [0.29, 0.717) is 16.3 Å². The predicted molar refractivity (Wildman–Crippen MR) is 132 cm³/mol. The van der Waals surface area contributed by atoms with Crippen LogP contribution >= 0.6 is 11.6 Å². The summed E-state index contributed by atoms with van der Waals surface area (Å²) in [6.45, 7) is 1.46. The van der Waals surface area contributed by atoms with E-state index in [0.717, 1.165) is 27.9 Å². The normalized spacial score (nSPS) is 13.1. The zero-order valence-electron chi connectivity index (χ0n) is 18.6. The van der Waals surface area contributed by atoms with Crippen molar-refractivity contribution in [2.24, 2.45) is 7.05 Å². The maximum absolute atomic E-state index is 12.8. The van der Waals surface area contributed by atoms with Crippen molar-refractivity contribution in [2.45, 2.75) is 12.5 Å². The Balaban J connectivity index is 1.39. The van der Waals surface area contributed by atoms with E-state index in [4.69, 9.17) is 11.6 Å². The molecule has 2 aromatic carbocycles. The molecule has 1 atom stereocenters. The largest absolute Gasteiger partial charge is 0.376 e. The number of aryl methyl sites for hydroxylation is 1. The van der Waals surface area contributed by atoms with Crippen molar-refractivity contribution in [1.29, 1.82) is 0 Å². The Morgan fingerprint density at radius 2 is 1.76 bits per heavy atom. The van der Waals surface area contributed by atoms with Gasteiger partial charge in [-0.25, -0.2) is 0 Å². The highest BCUT2D eigenvalue weighted by Gasteiger charge is 2.32. The van der Waals surface area contributed by atoms with Crippen LogP contribution in [0.1, 0.15) is 12.5 Å². The first-order valence-corrected chi connectivity index (χ1v) is 11.0. The molecule has 170 valence electrons. The molecule has 0 aliphatic rings. The molecule has 5 rings (SSSR count). The molecule has 5 aromatic rings. The number of nitrogens with zero attached hydrogens (tertiary/aromatic N) is 4. The van der Waals surface area contributed by atoms with Gasteiger partial charge in [-0.05, 0) is 42.8 Å². The van der Waals surface area contributed by atoms with Crippen molar-refractivity contribution in [3.8, 4) is 22.4 Å². The van der Waals surface area contributed by atoms with E-state index < -0.39 is 11.5 Å². The van der Waals surface area contributed by atoms with Gasteiger partial charge in [0.25, 0.3) is 5.91 Å². The second kappa shape index (κ2) is 8.44. The minimum atomic E-state index is -1.70. The van der Waals surface area contributed by atoms with Crippen LogP contribution < -0.4 is 5.32 Å². The number of aromatic nitrogens is 4. The Morgan fingerprint density at radius 3 is 2.44 bits per heavy atom. The summed E-state index contributed by atoms with van der Waals surface area (Å²) in [7, 11) is 1.89. The van der Waals surface area contributed by atoms with Gasteiger partial charge >= 0.3 is 0 Å². The molecule has 0 aliphatic carbocycles. The summed E-state index contributed by atoms with van der Waals surface area (Å²) in [5.74, 6) is -0.532. The summed E-state index contributed by atoms with van der Waals surface area (Å²) in [4.78, 5) is 17.4. The van der Waals surface area contributed by atoms with Crippen LogP contribution in [0.25, 0.3) is 27.9 Å².